The molecule has 0 saturated carbocycles. The van der Waals surface area contributed by atoms with Gasteiger partial charge in [-0.25, -0.2) is 0 Å². The highest BCUT2D eigenvalue weighted by molar-refractivity contribution is 7.19. The van der Waals surface area contributed by atoms with E-state index in [0.29, 0.717) is 17.6 Å². The van der Waals surface area contributed by atoms with Crippen molar-refractivity contribution in [1.82, 2.24) is 20.0 Å². The first kappa shape index (κ1) is 20.2. The number of anilines is 2. The number of hydrogen-bond donors (Lipinski definition) is 0. The Labute approximate surface area is 182 Å². The van der Waals surface area contributed by atoms with Crippen LogP contribution in [0.1, 0.15) is 57.8 Å². The lowest BCUT2D eigenvalue weighted by molar-refractivity contribution is -0.134. The van der Waals surface area contributed by atoms with E-state index in [1.165, 1.54) is 43.7 Å². The quantitative estimate of drug-likeness (QED) is 0.726. The van der Waals surface area contributed by atoms with Gasteiger partial charge < -0.3 is 14.7 Å². The van der Waals surface area contributed by atoms with E-state index < -0.39 is 0 Å². The number of hydrogen-bond acceptors (Lipinski definition) is 7. The number of aromatic nitrogens is 2. The molecule has 8 nitrogen and oxygen atoms in total. The summed E-state index contributed by atoms with van der Waals surface area (Å²) in [7, 11) is 0. The van der Waals surface area contributed by atoms with E-state index in [0.717, 1.165) is 63.4 Å². The number of rotatable bonds is 4. The van der Waals surface area contributed by atoms with Crippen LogP contribution in [0, 0.1) is 0 Å². The van der Waals surface area contributed by atoms with Gasteiger partial charge in [0, 0.05) is 38.6 Å². The summed E-state index contributed by atoms with van der Waals surface area (Å²) in [4.78, 5) is 33.9. The van der Waals surface area contributed by atoms with E-state index in [9.17, 15) is 9.59 Å². The number of carbonyl (C=O) groups excluding carboxylic acids is 2. The van der Waals surface area contributed by atoms with Gasteiger partial charge in [-0.05, 0) is 58.0 Å². The summed E-state index contributed by atoms with van der Waals surface area (Å²) < 4.78 is 0. The van der Waals surface area contributed by atoms with Crippen LogP contribution in [-0.2, 0) is 9.59 Å². The zero-order valence-corrected chi connectivity index (χ0v) is 18.5. The number of amides is 2. The average Bonchev–Trinajstić information content (AvgIpc) is 3.54. The SMILES string of the molecule is O=C(C1CCCN1c1nnc(N2CCCC2=O)s1)N1CCC(N2CCCCC2)CC1. The normalized spacial score (nSPS) is 26.7. The van der Waals surface area contributed by atoms with E-state index in [4.69, 9.17) is 0 Å². The van der Waals surface area contributed by atoms with Crippen LogP contribution in [-0.4, -0.2) is 83.2 Å². The summed E-state index contributed by atoms with van der Waals surface area (Å²) in [6.07, 6.45) is 9.55. The second kappa shape index (κ2) is 8.78. The highest BCUT2D eigenvalue weighted by atomic mass is 32.1. The third-order valence-electron chi connectivity index (χ3n) is 7.17. The number of piperidine rings is 2. The van der Waals surface area contributed by atoms with Crippen LogP contribution in [0.15, 0.2) is 0 Å². The molecule has 5 rings (SSSR count). The predicted molar refractivity (Wildman–Crippen MR) is 117 cm³/mol. The molecule has 0 N–H and O–H groups in total. The topological polar surface area (TPSA) is 72.9 Å². The Morgan fingerprint density at radius 2 is 1.60 bits per heavy atom. The summed E-state index contributed by atoms with van der Waals surface area (Å²) in [5, 5.41) is 10.1. The lowest BCUT2D eigenvalue weighted by Gasteiger charge is -2.41. The van der Waals surface area contributed by atoms with Gasteiger partial charge >= 0.3 is 0 Å². The molecule has 2 amide bonds. The molecule has 0 aromatic carbocycles. The summed E-state index contributed by atoms with van der Waals surface area (Å²) >= 11 is 1.45. The number of carbonyl (C=O) groups is 2. The molecule has 0 spiro atoms. The second-order valence-electron chi connectivity index (χ2n) is 9.02. The molecule has 1 aromatic rings. The standard InChI is InChI=1S/C21H32N6O2S/c28-18-7-5-13-27(18)21-23-22-20(30-21)26-12-4-6-17(26)19(29)25-14-8-16(9-15-25)24-10-2-1-3-11-24/h16-17H,1-15H2. The van der Waals surface area contributed by atoms with Crippen LogP contribution < -0.4 is 9.80 Å². The van der Waals surface area contributed by atoms with Crippen LogP contribution in [0.2, 0.25) is 0 Å². The molecule has 4 aliphatic rings. The molecule has 9 heteroatoms. The first-order valence-corrected chi connectivity index (χ1v) is 12.5. The Kier molecular flexibility index (Phi) is 5.91. The second-order valence-corrected chi connectivity index (χ2v) is 9.96. The largest absolute Gasteiger partial charge is 0.341 e. The van der Waals surface area contributed by atoms with Gasteiger partial charge in [0.1, 0.15) is 6.04 Å². The van der Waals surface area contributed by atoms with Crippen molar-refractivity contribution in [2.45, 2.75) is 69.9 Å². The molecule has 30 heavy (non-hydrogen) atoms. The molecule has 0 radical (unpaired) electrons. The van der Waals surface area contributed by atoms with E-state index in [2.05, 4.69) is 24.9 Å². The Hall–Kier alpha value is -1.74. The number of likely N-dealkylation sites (tertiary alicyclic amines) is 2. The van der Waals surface area contributed by atoms with Crippen molar-refractivity contribution in [3.8, 4) is 0 Å². The fourth-order valence-electron chi connectivity index (χ4n) is 5.48. The molecule has 1 aromatic heterocycles. The molecule has 1 atom stereocenters. The van der Waals surface area contributed by atoms with Gasteiger partial charge in [-0.1, -0.05) is 17.8 Å². The molecule has 5 heterocycles. The van der Waals surface area contributed by atoms with Crippen molar-refractivity contribution in [3.05, 3.63) is 0 Å². The monoisotopic (exact) mass is 432 g/mol. The summed E-state index contributed by atoms with van der Waals surface area (Å²) in [5.74, 6) is 0.377. The minimum absolute atomic E-state index is 0.128. The molecule has 4 aliphatic heterocycles. The van der Waals surface area contributed by atoms with E-state index >= 15 is 0 Å². The van der Waals surface area contributed by atoms with Gasteiger partial charge in [-0.2, -0.15) is 0 Å². The molecule has 0 bridgehead atoms. The van der Waals surface area contributed by atoms with Crippen LogP contribution in [0.5, 0.6) is 0 Å². The molecular formula is C21H32N6O2S. The van der Waals surface area contributed by atoms with Gasteiger partial charge in [0.2, 0.25) is 22.1 Å². The van der Waals surface area contributed by atoms with E-state index in [1.807, 2.05) is 0 Å². The molecule has 4 fully saturated rings. The first-order valence-electron chi connectivity index (χ1n) is 11.6. The lowest BCUT2D eigenvalue weighted by Crippen LogP contribution is -2.52. The Bertz CT molecular complexity index is 771. The maximum Gasteiger partial charge on any atom is 0.245 e. The summed E-state index contributed by atoms with van der Waals surface area (Å²) in [6, 6.07) is 0.518. The van der Waals surface area contributed by atoms with Crippen molar-refractivity contribution in [2.24, 2.45) is 0 Å². The van der Waals surface area contributed by atoms with Gasteiger partial charge in [0.15, 0.2) is 0 Å². The van der Waals surface area contributed by atoms with Crippen molar-refractivity contribution in [3.63, 3.8) is 0 Å². The predicted octanol–water partition coefficient (Wildman–Crippen LogP) is 2.11. The number of nitrogens with zero attached hydrogens (tertiary/aromatic N) is 6. The zero-order chi connectivity index (χ0) is 20.5. The first-order chi connectivity index (χ1) is 14.7. The third-order valence-corrected chi connectivity index (χ3v) is 8.16. The highest BCUT2D eigenvalue weighted by Crippen LogP contribution is 2.34. The van der Waals surface area contributed by atoms with Crippen LogP contribution >= 0.6 is 11.3 Å². The molecule has 164 valence electrons. The van der Waals surface area contributed by atoms with Crippen LogP contribution in [0.3, 0.4) is 0 Å². The van der Waals surface area contributed by atoms with Gasteiger partial charge in [-0.15, -0.1) is 10.2 Å². The Morgan fingerprint density at radius 1 is 0.833 bits per heavy atom. The molecule has 0 aliphatic carbocycles. The third kappa shape index (κ3) is 3.93. The summed E-state index contributed by atoms with van der Waals surface area (Å²) in [5.41, 5.74) is 0. The fraction of sp³-hybridized carbons (Fsp3) is 0.810. The maximum atomic E-state index is 13.3. The Morgan fingerprint density at radius 3 is 2.33 bits per heavy atom. The van der Waals surface area contributed by atoms with Crippen molar-refractivity contribution < 1.29 is 9.59 Å². The fourth-order valence-corrected chi connectivity index (χ4v) is 6.45. The minimum Gasteiger partial charge on any atom is -0.341 e. The van der Waals surface area contributed by atoms with Gasteiger partial charge in [0.05, 0.1) is 0 Å². The minimum atomic E-state index is -0.133. The summed E-state index contributed by atoms with van der Waals surface area (Å²) in [6.45, 7) is 5.76. The van der Waals surface area contributed by atoms with Gasteiger partial charge in [0.25, 0.3) is 0 Å². The van der Waals surface area contributed by atoms with Crippen molar-refractivity contribution in [2.75, 3.05) is 49.1 Å². The highest BCUT2D eigenvalue weighted by Gasteiger charge is 2.38. The molecular weight excluding hydrogens is 400 g/mol. The van der Waals surface area contributed by atoms with Crippen molar-refractivity contribution >= 4 is 33.4 Å². The Balaban J connectivity index is 1.20. The van der Waals surface area contributed by atoms with E-state index in [-0.39, 0.29) is 17.9 Å². The van der Waals surface area contributed by atoms with Crippen LogP contribution in [0.4, 0.5) is 10.3 Å². The van der Waals surface area contributed by atoms with Crippen LogP contribution in [0.25, 0.3) is 0 Å². The zero-order valence-electron chi connectivity index (χ0n) is 17.7. The average molecular weight is 433 g/mol. The van der Waals surface area contributed by atoms with Gasteiger partial charge in [-0.3, -0.25) is 14.5 Å². The van der Waals surface area contributed by atoms with Crippen molar-refractivity contribution in [1.29, 1.82) is 0 Å². The lowest BCUT2D eigenvalue weighted by atomic mass is 9.99. The van der Waals surface area contributed by atoms with E-state index in [1.54, 1.807) is 4.90 Å². The maximum absolute atomic E-state index is 13.3. The molecule has 1 unspecified atom stereocenters. The molecule has 4 saturated heterocycles. The smallest absolute Gasteiger partial charge is 0.245 e.